The van der Waals surface area contributed by atoms with E-state index in [9.17, 15) is 0 Å². The van der Waals surface area contributed by atoms with E-state index in [-0.39, 0.29) is 11.3 Å². The molecule has 0 heteroatoms. The lowest BCUT2D eigenvalue weighted by atomic mass is 9.67. The van der Waals surface area contributed by atoms with Crippen molar-refractivity contribution in [3.63, 3.8) is 0 Å². The molecule has 0 amide bonds. The van der Waals surface area contributed by atoms with Gasteiger partial charge in [-0.3, -0.25) is 0 Å². The molecule has 0 radical (unpaired) electrons. The maximum absolute atomic E-state index is 2.56. The predicted octanol–water partition coefficient (Wildman–Crippen LogP) is 15.8. The molecule has 2 aliphatic rings. The van der Waals surface area contributed by atoms with Gasteiger partial charge in [0.05, 0.1) is 5.41 Å². The Labute approximate surface area is 367 Å². The van der Waals surface area contributed by atoms with E-state index in [1.807, 2.05) is 0 Å². The number of hydrogen-bond acceptors (Lipinski definition) is 0. The van der Waals surface area contributed by atoms with Crippen LogP contribution >= 0.6 is 0 Å². The van der Waals surface area contributed by atoms with Crippen LogP contribution in [0.2, 0.25) is 0 Å². The van der Waals surface area contributed by atoms with Gasteiger partial charge in [0.25, 0.3) is 0 Å². The van der Waals surface area contributed by atoms with Crippen LogP contribution < -0.4 is 0 Å². The van der Waals surface area contributed by atoms with Crippen LogP contribution in [0.4, 0.5) is 0 Å². The van der Waals surface area contributed by atoms with Gasteiger partial charge in [-0.2, -0.15) is 0 Å². The van der Waals surface area contributed by atoms with Gasteiger partial charge in [-0.15, -0.1) is 0 Å². The fourth-order valence-corrected chi connectivity index (χ4v) is 11.2. The molecule has 2 aliphatic carbocycles. The Hall–Kier alpha value is -7.02. The molecular formula is C62H50. The fraction of sp³-hybridized carbons (Fsp3) is 0.129. The van der Waals surface area contributed by atoms with E-state index in [1.54, 1.807) is 0 Å². The van der Waals surface area contributed by atoms with Crippen molar-refractivity contribution in [2.75, 3.05) is 0 Å². The molecule has 9 aromatic rings. The van der Waals surface area contributed by atoms with E-state index in [1.165, 1.54) is 100 Å². The Morgan fingerprint density at radius 2 is 0.984 bits per heavy atom. The maximum atomic E-state index is 2.56. The first-order valence-electron chi connectivity index (χ1n) is 22.3. The summed E-state index contributed by atoms with van der Waals surface area (Å²) in [6.45, 7) is 7.11. The van der Waals surface area contributed by atoms with Crippen molar-refractivity contribution in [3.8, 4) is 44.5 Å². The number of aryl methyl sites for hydroxylation is 2. The maximum Gasteiger partial charge on any atom is 0.0713 e. The molecule has 0 nitrogen and oxygen atoms in total. The number of fused-ring (bicyclic) bond motifs is 6. The van der Waals surface area contributed by atoms with Crippen LogP contribution in [-0.4, -0.2) is 0 Å². The lowest BCUT2D eigenvalue weighted by Gasteiger charge is -2.34. The summed E-state index contributed by atoms with van der Waals surface area (Å²) >= 11 is 0. The smallest absolute Gasteiger partial charge is 0.0622 e. The van der Waals surface area contributed by atoms with Crippen molar-refractivity contribution in [1.82, 2.24) is 0 Å². The highest BCUT2D eigenvalue weighted by Gasteiger charge is 2.47. The topological polar surface area (TPSA) is 0 Å². The Kier molecular flexibility index (Phi) is 9.28. The summed E-state index contributed by atoms with van der Waals surface area (Å²) in [7, 11) is 0. The van der Waals surface area contributed by atoms with Crippen molar-refractivity contribution in [2.24, 2.45) is 0 Å². The molecule has 0 aliphatic heterocycles. The van der Waals surface area contributed by atoms with Gasteiger partial charge in [-0.05, 0) is 120 Å². The molecule has 0 bridgehead atoms. The molecule has 9 aromatic carbocycles. The second-order valence-electron chi connectivity index (χ2n) is 18.0. The molecule has 0 N–H and O–H groups in total. The van der Waals surface area contributed by atoms with Crippen LogP contribution in [0.25, 0.3) is 44.5 Å². The van der Waals surface area contributed by atoms with Gasteiger partial charge in [0.15, 0.2) is 0 Å². The van der Waals surface area contributed by atoms with Crippen molar-refractivity contribution in [1.29, 1.82) is 0 Å². The summed E-state index contributed by atoms with van der Waals surface area (Å²) in [6.07, 6.45) is 1.93. The van der Waals surface area contributed by atoms with Gasteiger partial charge in [0.2, 0.25) is 0 Å². The van der Waals surface area contributed by atoms with Crippen LogP contribution in [0.3, 0.4) is 0 Å². The average Bonchev–Trinajstić information content (AvgIpc) is 3.75. The van der Waals surface area contributed by atoms with E-state index >= 15 is 0 Å². The van der Waals surface area contributed by atoms with Crippen molar-refractivity contribution >= 4 is 0 Å². The summed E-state index contributed by atoms with van der Waals surface area (Å²) in [5.41, 5.74) is 23.5. The highest BCUT2D eigenvalue weighted by atomic mass is 14.5. The van der Waals surface area contributed by atoms with Gasteiger partial charge < -0.3 is 0 Å². The van der Waals surface area contributed by atoms with Crippen LogP contribution in [0, 0.1) is 6.92 Å². The van der Waals surface area contributed by atoms with Crippen molar-refractivity contribution < 1.29 is 0 Å². The van der Waals surface area contributed by atoms with Gasteiger partial charge in [-0.25, -0.2) is 0 Å². The van der Waals surface area contributed by atoms with Crippen molar-refractivity contribution in [3.05, 3.63) is 274 Å². The molecule has 1 unspecified atom stereocenters. The zero-order valence-corrected chi connectivity index (χ0v) is 35.8. The van der Waals surface area contributed by atoms with Crippen LogP contribution in [0.15, 0.2) is 218 Å². The van der Waals surface area contributed by atoms with E-state index in [0.717, 1.165) is 12.8 Å². The molecule has 0 aromatic heterocycles. The van der Waals surface area contributed by atoms with Gasteiger partial charge >= 0.3 is 0 Å². The quantitative estimate of drug-likeness (QED) is 0.137. The minimum Gasteiger partial charge on any atom is -0.0622 e. The third kappa shape index (κ3) is 6.04. The molecule has 11 rings (SSSR count). The lowest BCUT2D eigenvalue weighted by Crippen LogP contribution is -2.28. The first kappa shape index (κ1) is 37.9. The third-order valence-electron chi connectivity index (χ3n) is 14.2. The van der Waals surface area contributed by atoms with E-state index in [2.05, 4.69) is 239 Å². The average molecular weight is 795 g/mol. The number of hydrogen-bond donors (Lipinski definition) is 0. The number of rotatable bonds is 9. The number of benzene rings is 9. The Bertz CT molecular complexity index is 3040. The van der Waals surface area contributed by atoms with Gasteiger partial charge in [0, 0.05) is 11.3 Å². The Morgan fingerprint density at radius 3 is 1.68 bits per heavy atom. The fourth-order valence-electron chi connectivity index (χ4n) is 11.2. The second-order valence-corrected chi connectivity index (χ2v) is 18.0. The zero-order chi connectivity index (χ0) is 41.8. The van der Waals surface area contributed by atoms with E-state index in [4.69, 9.17) is 0 Å². The Balaban J connectivity index is 1.06. The summed E-state index contributed by atoms with van der Waals surface area (Å²) in [6, 6.07) is 82.0. The summed E-state index contributed by atoms with van der Waals surface area (Å²) < 4.78 is 0. The van der Waals surface area contributed by atoms with Crippen LogP contribution in [0.5, 0.6) is 0 Å². The monoisotopic (exact) mass is 794 g/mol. The third-order valence-corrected chi connectivity index (χ3v) is 14.2. The minimum absolute atomic E-state index is 0.0650. The standard InChI is InChI=1S/C62H50/c1-42-39-46(44-19-8-4-9-20-44)33-37-50(42)51(47-34-38-54-53-27-16-17-29-56(53)61(2,3)58(54)41-47)35-31-43-32-36-55-59(40-43)62(48-23-12-6-13-24-48,49-25-14-7-15-26-49)57-30-18-28-52(60(55)57)45-21-10-5-11-22-45/h4-30,32-34,36-41,51H,31,35H2,1-3H3. The zero-order valence-electron chi connectivity index (χ0n) is 35.8. The predicted molar refractivity (Wildman–Crippen MR) is 260 cm³/mol. The summed E-state index contributed by atoms with van der Waals surface area (Å²) in [4.78, 5) is 0. The second kappa shape index (κ2) is 15.2. The summed E-state index contributed by atoms with van der Waals surface area (Å²) in [5.74, 6) is 0.216. The summed E-state index contributed by atoms with van der Waals surface area (Å²) in [5, 5.41) is 0. The Morgan fingerprint density at radius 1 is 0.403 bits per heavy atom. The van der Waals surface area contributed by atoms with Crippen LogP contribution in [-0.2, 0) is 17.3 Å². The molecule has 298 valence electrons. The van der Waals surface area contributed by atoms with E-state index < -0.39 is 5.41 Å². The van der Waals surface area contributed by atoms with E-state index in [0.29, 0.717) is 0 Å². The van der Waals surface area contributed by atoms with Crippen molar-refractivity contribution in [2.45, 2.75) is 50.4 Å². The first-order chi connectivity index (χ1) is 30.4. The molecule has 0 fully saturated rings. The van der Waals surface area contributed by atoms with Crippen LogP contribution in [0.1, 0.15) is 81.8 Å². The van der Waals surface area contributed by atoms with Gasteiger partial charge in [-0.1, -0.05) is 232 Å². The molecule has 0 spiro atoms. The molecule has 62 heavy (non-hydrogen) atoms. The highest BCUT2D eigenvalue weighted by molar-refractivity contribution is 5.95. The first-order valence-corrected chi connectivity index (χ1v) is 22.3. The normalized spacial score (nSPS) is 14.4. The SMILES string of the molecule is Cc1cc(-c2ccccc2)ccc1C(CCc1ccc2c(c1)C(c1ccccc1)(c1ccccc1)c1cccc(-c3ccccc3)c1-2)c1ccc2c(c1)C(C)(C)c1ccccc1-2. The molecule has 0 heterocycles. The molecule has 0 saturated carbocycles. The largest absolute Gasteiger partial charge is 0.0713 e. The molecule has 1 atom stereocenters. The minimum atomic E-state index is -0.474. The molecule has 0 saturated heterocycles. The van der Waals surface area contributed by atoms with Gasteiger partial charge in [0.1, 0.15) is 0 Å². The highest BCUT2D eigenvalue weighted by Crippen LogP contribution is 2.58. The molecular weight excluding hydrogens is 745 g/mol. The lowest BCUT2D eigenvalue weighted by molar-refractivity contribution is 0.654.